The van der Waals surface area contributed by atoms with Crippen LogP contribution in [0.2, 0.25) is 0 Å². The van der Waals surface area contributed by atoms with E-state index in [0.717, 1.165) is 77.8 Å². The van der Waals surface area contributed by atoms with Crippen molar-refractivity contribution in [3.63, 3.8) is 0 Å². The highest BCUT2D eigenvalue weighted by atomic mass is 16.5. The van der Waals surface area contributed by atoms with Gasteiger partial charge < -0.3 is 24.5 Å². The quantitative estimate of drug-likeness (QED) is 0.0359. The van der Waals surface area contributed by atoms with Gasteiger partial charge in [0.05, 0.1) is 65.6 Å². The molecular weight excluding hydrogens is 1060 g/mol. The zero-order chi connectivity index (χ0) is 62.6. The van der Waals surface area contributed by atoms with Crippen molar-refractivity contribution in [2.24, 2.45) is 14.1 Å². The molecule has 0 radical (unpaired) electrons. The predicted molar refractivity (Wildman–Crippen MR) is 356 cm³/mol. The van der Waals surface area contributed by atoms with Crippen molar-refractivity contribution in [2.45, 2.75) is 203 Å². The van der Waals surface area contributed by atoms with Crippen molar-refractivity contribution in [1.82, 2.24) is 59.7 Å². The number of imidazole rings is 1. The van der Waals surface area contributed by atoms with Crippen molar-refractivity contribution in [2.75, 3.05) is 13.1 Å². The first-order valence-corrected chi connectivity index (χ1v) is 31.7. The van der Waals surface area contributed by atoms with Crippen molar-refractivity contribution >= 4 is 5.78 Å². The summed E-state index contributed by atoms with van der Waals surface area (Å²) in [5, 5.41) is 23.6. The first kappa shape index (κ1) is 69.3. The van der Waals surface area contributed by atoms with Crippen LogP contribution in [0.1, 0.15) is 211 Å². The van der Waals surface area contributed by atoms with Gasteiger partial charge in [0.15, 0.2) is 5.88 Å². The maximum absolute atomic E-state index is 11.8. The lowest BCUT2D eigenvalue weighted by Gasteiger charge is -2.23. The van der Waals surface area contributed by atoms with Gasteiger partial charge in [0, 0.05) is 51.8 Å². The average Bonchev–Trinajstić information content (AvgIpc) is 2.20. The van der Waals surface area contributed by atoms with Gasteiger partial charge in [0.2, 0.25) is 0 Å². The third-order valence-electron chi connectivity index (χ3n) is 14.8. The van der Waals surface area contributed by atoms with Gasteiger partial charge in [0.1, 0.15) is 17.1 Å². The molecule has 8 aromatic rings. The SMILES string of the molecule is C=C(NCCn1cc(-c2cccc(C(C)C)c2)nn1)OC(C)(C)C.CC(C)c1cc(-c2cccn2C)nc(-c2cncn2C)c1.CCCCCCC(=O)CCc1cccc(C(C)C)c1.CCCCCCNCc1cn(-c2cccc(C(C)C)c2)nn1. The molecule has 0 unspecified atom stereocenters. The van der Waals surface area contributed by atoms with E-state index in [1.165, 1.54) is 72.8 Å². The molecule has 0 fully saturated rings. The molecule has 8 rings (SSSR count). The van der Waals surface area contributed by atoms with Crippen LogP contribution in [-0.2, 0) is 43.1 Å². The summed E-state index contributed by atoms with van der Waals surface area (Å²) in [6.07, 6.45) is 22.0. The van der Waals surface area contributed by atoms with Gasteiger partial charge in [-0.1, -0.05) is 173 Å². The van der Waals surface area contributed by atoms with E-state index in [2.05, 4.69) is 208 Å². The van der Waals surface area contributed by atoms with Crippen LogP contribution in [0.25, 0.3) is 39.7 Å². The fourth-order valence-electron chi connectivity index (χ4n) is 9.48. The zero-order valence-corrected chi connectivity index (χ0v) is 55.0. The highest BCUT2D eigenvalue weighted by Crippen LogP contribution is 2.29. The van der Waals surface area contributed by atoms with E-state index >= 15 is 0 Å². The van der Waals surface area contributed by atoms with E-state index < -0.39 is 0 Å². The topological polar surface area (TPSA) is 147 Å². The van der Waals surface area contributed by atoms with Crippen LogP contribution in [0, 0.1) is 0 Å². The van der Waals surface area contributed by atoms with Crippen LogP contribution in [0.4, 0.5) is 0 Å². The third kappa shape index (κ3) is 24.1. The Bertz CT molecular complexity index is 3180. The summed E-state index contributed by atoms with van der Waals surface area (Å²) in [6, 6.07) is 34.1. The van der Waals surface area contributed by atoms with E-state index in [0.29, 0.717) is 54.8 Å². The normalized spacial score (nSPS) is 11.3. The molecule has 0 spiro atoms. The van der Waals surface area contributed by atoms with Crippen LogP contribution >= 0.6 is 0 Å². The lowest BCUT2D eigenvalue weighted by molar-refractivity contribution is -0.119. The minimum atomic E-state index is -0.244. The minimum Gasteiger partial charge on any atom is -0.474 e. The second kappa shape index (κ2) is 35.9. The van der Waals surface area contributed by atoms with Gasteiger partial charge in [-0.3, -0.25) is 9.48 Å². The molecule has 5 aromatic heterocycles. The number of Topliss-reactive ketones (excluding diaryl/α,β-unsaturated/α-hetero) is 1. The molecule has 2 N–H and O–H groups in total. The Hall–Kier alpha value is -7.45. The van der Waals surface area contributed by atoms with E-state index in [9.17, 15) is 4.79 Å². The molecule has 0 saturated heterocycles. The molecule has 14 heteroatoms. The van der Waals surface area contributed by atoms with Crippen molar-refractivity contribution in [1.29, 1.82) is 0 Å². The van der Waals surface area contributed by atoms with Gasteiger partial charge >= 0.3 is 0 Å². The number of pyridine rings is 1. The summed E-state index contributed by atoms with van der Waals surface area (Å²) in [5.74, 6) is 3.04. The molecule has 0 saturated carbocycles. The number of aryl methyl sites for hydroxylation is 3. The Balaban J connectivity index is 0.000000210. The summed E-state index contributed by atoms with van der Waals surface area (Å²) in [4.78, 5) is 20.8. The summed E-state index contributed by atoms with van der Waals surface area (Å²) in [6.45, 7) is 35.1. The number of hydrogen-bond acceptors (Lipinski definition) is 10. The summed E-state index contributed by atoms with van der Waals surface area (Å²) >= 11 is 0. The number of nitrogens with one attached hydrogen (secondary N) is 2. The third-order valence-corrected chi connectivity index (χ3v) is 14.8. The van der Waals surface area contributed by atoms with Crippen molar-refractivity contribution < 1.29 is 9.53 Å². The van der Waals surface area contributed by atoms with Crippen molar-refractivity contribution in [3.8, 4) is 39.7 Å². The number of aromatic nitrogens is 10. The lowest BCUT2D eigenvalue weighted by atomic mass is 9.98. The number of hydrogen-bond donors (Lipinski definition) is 2. The van der Waals surface area contributed by atoms with E-state index in [4.69, 9.17) is 9.72 Å². The molecule has 0 bridgehead atoms. The van der Waals surface area contributed by atoms with Crippen molar-refractivity contribution in [3.05, 3.63) is 174 Å². The molecule has 0 atom stereocenters. The Labute approximate surface area is 516 Å². The molecule has 0 amide bonds. The fraction of sp³-hybridized carbons (Fsp3) is 0.486. The summed E-state index contributed by atoms with van der Waals surface area (Å²) in [5.41, 5.74) is 14.5. The highest BCUT2D eigenvalue weighted by Gasteiger charge is 2.15. The molecule has 0 aliphatic carbocycles. The fourth-order valence-corrected chi connectivity index (χ4v) is 9.48. The Morgan fingerprint density at radius 1 is 0.628 bits per heavy atom. The summed E-state index contributed by atoms with van der Waals surface area (Å²) in [7, 11) is 4.04. The maximum Gasteiger partial charge on any atom is 0.179 e. The number of carbonyl (C=O) groups is 1. The van der Waals surface area contributed by atoms with Crippen LogP contribution in [0.3, 0.4) is 0 Å². The largest absolute Gasteiger partial charge is 0.474 e. The number of unbranched alkanes of at least 4 members (excludes halogenated alkanes) is 6. The number of ether oxygens (including phenoxy) is 1. The average molecular weight is 1170 g/mol. The van der Waals surface area contributed by atoms with Crippen LogP contribution in [0.5, 0.6) is 0 Å². The van der Waals surface area contributed by atoms with Crippen LogP contribution in [-0.4, -0.2) is 73.6 Å². The first-order chi connectivity index (χ1) is 41.1. The molecule has 86 heavy (non-hydrogen) atoms. The second-order valence-electron chi connectivity index (χ2n) is 24.8. The van der Waals surface area contributed by atoms with Gasteiger partial charge in [-0.2, -0.15) is 0 Å². The molecule has 464 valence electrons. The van der Waals surface area contributed by atoms with Gasteiger partial charge in [0.25, 0.3) is 0 Å². The zero-order valence-electron chi connectivity index (χ0n) is 55.0. The Morgan fingerprint density at radius 3 is 1.90 bits per heavy atom. The van der Waals surface area contributed by atoms with Crippen LogP contribution < -0.4 is 10.6 Å². The van der Waals surface area contributed by atoms with E-state index in [-0.39, 0.29) is 5.60 Å². The number of nitrogens with zero attached hydrogens (tertiary/aromatic N) is 10. The number of carbonyl (C=O) groups excluding carboxylic acids is 1. The molecular formula is C72H104N12O2. The molecule has 14 nitrogen and oxygen atoms in total. The highest BCUT2D eigenvalue weighted by molar-refractivity contribution is 5.78. The van der Waals surface area contributed by atoms with Gasteiger partial charge in [-0.05, 0) is 147 Å². The van der Waals surface area contributed by atoms with E-state index in [1.807, 2.05) is 79.7 Å². The first-order valence-electron chi connectivity index (χ1n) is 31.7. The molecule has 3 aromatic carbocycles. The second-order valence-corrected chi connectivity index (χ2v) is 24.8. The standard InChI is InChI=1S/C19H28N4O.C18H28N4.C18H28O.C17H20N4/c1-14(2)16-8-7-9-17(12-16)18-13-23(22-21-18)11-10-20-15(3)24-19(4,5)6;1-4-5-6-7-11-19-13-17-14-22(21-20-17)18-10-8-9-16(12-18)15(2)3;1-4-5-6-7-11-18(19)13-12-16-9-8-10-17(14-16)15(2)3;1-12(2)13-8-14(16-6-5-7-20(16)3)19-15(9-13)17-10-18-11-21(17)4/h7-9,12-14,20H,3,10-11H2,1-2,4-6H3;8-10,12,14-15,19H,4-7,11,13H2,1-3H3;8-10,14-15H,4-7,11-13H2,1-3H3;5-12H,1-4H3. The number of benzene rings is 3. The smallest absolute Gasteiger partial charge is 0.179 e. The number of ketones is 1. The maximum atomic E-state index is 11.8. The van der Waals surface area contributed by atoms with Crippen LogP contribution in [0.15, 0.2) is 141 Å². The minimum absolute atomic E-state index is 0.244. The molecule has 5 heterocycles. The molecule has 0 aliphatic rings. The Kier molecular flexibility index (Phi) is 28.9. The van der Waals surface area contributed by atoms with E-state index in [1.54, 1.807) is 6.33 Å². The predicted octanol–water partition coefficient (Wildman–Crippen LogP) is 16.9. The number of rotatable bonds is 28. The molecule has 0 aliphatic heterocycles. The lowest BCUT2D eigenvalue weighted by Crippen LogP contribution is -2.27. The van der Waals surface area contributed by atoms with Gasteiger partial charge in [-0.15, -0.1) is 10.2 Å². The Morgan fingerprint density at radius 2 is 1.27 bits per heavy atom. The van der Waals surface area contributed by atoms with Gasteiger partial charge in [-0.25, -0.2) is 14.6 Å². The summed E-state index contributed by atoms with van der Waals surface area (Å²) < 4.78 is 13.4. The monoisotopic (exact) mass is 1170 g/mol.